The Labute approximate surface area is 124 Å². The zero-order valence-electron chi connectivity index (χ0n) is 11.6. The van der Waals surface area contributed by atoms with Crippen LogP contribution in [0.1, 0.15) is 18.9 Å². The number of nitrogens with zero attached hydrogens (tertiary/aromatic N) is 1. The van der Waals surface area contributed by atoms with E-state index in [9.17, 15) is 0 Å². The Morgan fingerprint density at radius 1 is 1.25 bits per heavy atom. The fraction of sp³-hybridized carbons (Fsp3) is 0.312. The Bertz CT molecular complexity index is 519. The maximum atomic E-state index is 6.05. The van der Waals surface area contributed by atoms with E-state index in [4.69, 9.17) is 16.3 Å². The van der Waals surface area contributed by atoms with Crippen LogP contribution in [0.15, 0.2) is 48.8 Å². The van der Waals surface area contributed by atoms with E-state index in [1.54, 1.807) is 12.4 Å². The molecule has 2 rings (SSSR count). The predicted octanol–water partition coefficient (Wildman–Crippen LogP) is 4.14. The van der Waals surface area contributed by atoms with Crippen molar-refractivity contribution in [3.8, 4) is 0 Å². The molecule has 1 aromatic carbocycles. The van der Waals surface area contributed by atoms with Crippen molar-refractivity contribution < 1.29 is 4.74 Å². The molecule has 0 bridgehead atoms. The first-order chi connectivity index (χ1) is 9.75. The van der Waals surface area contributed by atoms with Crippen LogP contribution in [0.2, 0.25) is 5.02 Å². The van der Waals surface area contributed by atoms with Crippen molar-refractivity contribution in [3.05, 3.63) is 59.4 Å². The third-order valence-electron chi connectivity index (χ3n) is 2.98. The van der Waals surface area contributed by atoms with Gasteiger partial charge in [0, 0.05) is 25.0 Å². The number of pyridine rings is 1. The molecule has 0 amide bonds. The molecule has 0 fully saturated rings. The zero-order chi connectivity index (χ0) is 14.2. The van der Waals surface area contributed by atoms with Gasteiger partial charge in [0.2, 0.25) is 0 Å². The van der Waals surface area contributed by atoms with Crippen LogP contribution in [-0.2, 0) is 11.3 Å². The number of halogens is 1. The van der Waals surface area contributed by atoms with E-state index in [2.05, 4.69) is 29.4 Å². The Morgan fingerprint density at radius 2 is 2.05 bits per heavy atom. The van der Waals surface area contributed by atoms with Crippen molar-refractivity contribution in [2.24, 2.45) is 0 Å². The average Bonchev–Trinajstić information content (AvgIpc) is 2.47. The number of hydrogen-bond acceptors (Lipinski definition) is 3. The lowest BCUT2D eigenvalue weighted by Crippen LogP contribution is -2.17. The molecule has 0 radical (unpaired) electrons. The third-order valence-corrected chi connectivity index (χ3v) is 3.28. The van der Waals surface area contributed by atoms with E-state index < -0.39 is 0 Å². The van der Waals surface area contributed by atoms with Crippen LogP contribution >= 0.6 is 11.6 Å². The zero-order valence-corrected chi connectivity index (χ0v) is 12.3. The standard InChI is InChI=1S/C16H19ClN2O/c1-13(19-16-7-9-18-11-15(16)17)8-10-20-12-14-5-3-2-4-6-14/h2-7,9,11,13H,8,10,12H2,1H3,(H,18,19). The summed E-state index contributed by atoms with van der Waals surface area (Å²) in [5, 5.41) is 4.00. The summed E-state index contributed by atoms with van der Waals surface area (Å²) in [5.74, 6) is 0. The number of hydrogen-bond donors (Lipinski definition) is 1. The quantitative estimate of drug-likeness (QED) is 0.778. The van der Waals surface area contributed by atoms with Gasteiger partial charge >= 0.3 is 0 Å². The lowest BCUT2D eigenvalue weighted by atomic mass is 10.2. The minimum Gasteiger partial charge on any atom is -0.381 e. The van der Waals surface area contributed by atoms with Gasteiger partial charge in [-0.1, -0.05) is 41.9 Å². The lowest BCUT2D eigenvalue weighted by Gasteiger charge is -2.16. The van der Waals surface area contributed by atoms with Crippen LogP contribution in [-0.4, -0.2) is 17.6 Å². The summed E-state index contributed by atoms with van der Waals surface area (Å²) in [6.45, 7) is 3.48. The molecule has 20 heavy (non-hydrogen) atoms. The first kappa shape index (κ1) is 14.8. The average molecular weight is 291 g/mol. The SMILES string of the molecule is CC(CCOCc1ccccc1)Nc1ccncc1Cl. The lowest BCUT2D eigenvalue weighted by molar-refractivity contribution is 0.116. The number of nitrogens with one attached hydrogen (secondary N) is 1. The first-order valence-corrected chi connectivity index (χ1v) is 7.11. The molecule has 1 atom stereocenters. The fourth-order valence-electron chi connectivity index (χ4n) is 1.85. The van der Waals surface area contributed by atoms with Crippen molar-refractivity contribution >= 4 is 17.3 Å². The van der Waals surface area contributed by atoms with Crippen LogP contribution in [0.25, 0.3) is 0 Å². The maximum absolute atomic E-state index is 6.05. The number of aromatic nitrogens is 1. The highest BCUT2D eigenvalue weighted by atomic mass is 35.5. The molecule has 0 saturated carbocycles. The second kappa shape index (κ2) is 7.88. The molecule has 0 aliphatic carbocycles. The van der Waals surface area contributed by atoms with Gasteiger partial charge in [-0.25, -0.2) is 0 Å². The molecule has 2 aromatic rings. The summed E-state index contributed by atoms with van der Waals surface area (Å²) < 4.78 is 5.67. The van der Waals surface area contributed by atoms with Crippen molar-refractivity contribution in [2.75, 3.05) is 11.9 Å². The predicted molar refractivity (Wildman–Crippen MR) is 83.0 cm³/mol. The van der Waals surface area contributed by atoms with Crippen molar-refractivity contribution in [1.29, 1.82) is 0 Å². The molecule has 3 nitrogen and oxygen atoms in total. The second-order valence-corrected chi connectivity index (χ2v) is 5.13. The Kier molecular flexibility index (Phi) is 5.84. The smallest absolute Gasteiger partial charge is 0.0820 e. The summed E-state index contributed by atoms with van der Waals surface area (Å²) in [7, 11) is 0. The van der Waals surface area contributed by atoms with Gasteiger partial charge in [0.15, 0.2) is 0 Å². The van der Waals surface area contributed by atoms with Gasteiger partial charge in [-0.05, 0) is 25.0 Å². The first-order valence-electron chi connectivity index (χ1n) is 6.73. The van der Waals surface area contributed by atoms with E-state index in [0.29, 0.717) is 24.3 Å². The maximum Gasteiger partial charge on any atom is 0.0820 e. The Morgan fingerprint density at radius 3 is 2.80 bits per heavy atom. The minimum absolute atomic E-state index is 0.297. The molecular formula is C16H19ClN2O. The monoisotopic (exact) mass is 290 g/mol. The molecule has 106 valence electrons. The van der Waals surface area contributed by atoms with Crippen LogP contribution in [0.4, 0.5) is 5.69 Å². The van der Waals surface area contributed by atoms with Crippen molar-refractivity contribution in [2.45, 2.75) is 26.0 Å². The third kappa shape index (κ3) is 4.83. The topological polar surface area (TPSA) is 34.1 Å². The van der Waals surface area contributed by atoms with Crippen molar-refractivity contribution in [1.82, 2.24) is 4.98 Å². The molecule has 1 aromatic heterocycles. The summed E-state index contributed by atoms with van der Waals surface area (Å²) in [6, 6.07) is 12.4. The molecule has 4 heteroatoms. The number of ether oxygens (including phenoxy) is 1. The van der Waals surface area contributed by atoms with Crippen LogP contribution in [0, 0.1) is 0 Å². The van der Waals surface area contributed by atoms with Gasteiger partial charge in [-0.3, -0.25) is 4.98 Å². The van der Waals surface area contributed by atoms with Crippen molar-refractivity contribution in [3.63, 3.8) is 0 Å². The second-order valence-electron chi connectivity index (χ2n) is 4.73. The normalized spacial score (nSPS) is 12.1. The summed E-state index contributed by atoms with van der Waals surface area (Å²) in [4.78, 5) is 3.96. The highest BCUT2D eigenvalue weighted by Crippen LogP contribution is 2.20. The van der Waals surface area contributed by atoms with Crippen LogP contribution < -0.4 is 5.32 Å². The van der Waals surface area contributed by atoms with Gasteiger partial charge in [-0.2, -0.15) is 0 Å². The number of anilines is 1. The molecular weight excluding hydrogens is 272 g/mol. The van der Waals surface area contributed by atoms with E-state index in [1.807, 2.05) is 24.3 Å². The molecule has 0 saturated heterocycles. The Balaban J connectivity index is 1.68. The van der Waals surface area contributed by atoms with E-state index in [-0.39, 0.29) is 0 Å². The van der Waals surface area contributed by atoms with Gasteiger partial charge in [0.05, 0.1) is 17.3 Å². The number of benzene rings is 1. The van der Waals surface area contributed by atoms with E-state index in [1.165, 1.54) is 5.56 Å². The molecule has 0 spiro atoms. The fourth-order valence-corrected chi connectivity index (χ4v) is 2.03. The largest absolute Gasteiger partial charge is 0.381 e. The van der Waals surface area contributed by atoms with Crippen LogP contribution in [0.5, 0.6) is 0 Å². The summed E-state index contributed by atoms with van der Waals surface area (Å²) in [6.07, 6.45) is 4.29. The molecule has 1 N–H and O–H groups in total. The van der Waals surface area contributed by atoms with Gasteiger partial charge in [0.25, 0.3) is 0 Å². The Hall–Kier alpha value is -1.58. The van der Waals surface area contributed by atoms with Gasteiger partial charge in [0.1, 0.15) is 0 Å². The highest BCUT2D eigenvalue weighted by Gasteiger charge is 2.05. The molecule has 1 unspecified atom stereocenters. The highest BCUT2D eigenvalue weighted by molar-refractivity contribution is 6.33. The van der Waals surface area contributed by atoms with Gasteiger partial charge < -0.3 is 10.1 Å². The summed E-state index contributed by atoms with van der Waals surface area (Å²) in [5.41, 5.74) is 2.11. The molecule has 0 aliphatic rings. The van der Waals surface area contributed by atoms with Crippen LogP contribution in [0.3, 0.4) is 0 Å². The van der Waals surface area contributed by atoms with Gasteiger partial charge in [-0.15, -0.1) is 0 Å². The summed E-state index contributed by atoms with van der Waals surface area (Å²) >= 11 is 6.05. The minimum atomic E-state index is 0.297. The molecule has 1 heterocycles. The van der Waals surface area contributed by atoms with E-state index >= 15 is 0 Å². The number of rotatable bonds is 7. The molecule has 0 aliphatic heterocycles. The van der Waals surface area contributed by atoms with E-state index in [0.717, 1.165) is 12.1 Å².